The number of aliphatic carboxylic acids is 1. The molecule has 3 heterocycles. The molecule has 4 atom stereocenters. The zero-order chi connectivity index (χ0) is 21.3. The minimum Gasteiger partial charge on any atom is -0.481 e. The van der Waals surface area contributed by atoms with Crippen LogP contribution in [0.2, 0.25) is 0 Å². The van der Waals surface area contributed by atoms with Gasteiger partial charge in [-0.2, -0.15) is 0 Å². The summed E-state index contributed by atoms with van der Waals surface area (Å²) in [6.07, 6.45) is -0.558. The molecule has 10 nitrogen and oxygen atoms in total. The molecule has 2 saturated heterocycles. The third kappa shape index (κ3) is 4.19. The van der Waals surface area contributed by atoms with Crippen molar-refractivity contribution in [2.75, 3.05) is 13.2 Å². The molecule has 0 bridgehead atoms. The Morgan fingerprint density at radius 3 is 2.63 bits per heavy atom. The van der Waals surface area contributed by atoms with Crippen LogP contribution < -0.4 is 5.32 Å². The monoisotopic (exact) mass is 415 g/mol. The molecule has 160 valence electrons. The maximum absolute atomic E-state index is 12.5. The van der Waals surface area contributed by atoms with Crippen LogP contribution in [0.25, 0.3) is 11.4 Å². The quantitative estimate of drug-likeness (QED) is 0.687. The molecule has 0 aliphatic carbocycles. The second-order valence-electron chi connectivity index (χ2n) is 8.56. The Labute approximate surface area is 173 Å². The molecule has 1 aromatic heterocycles. The number of tetrazole rings is 1. The van der Waals surface area contributed by atoms with Crippen molar-refractivity contribution in [3.05, 3.63) is 30.3 Å². The number of carbonyl (C=O) groups excluding carboxylic acids is 1. The summed E-state index contributed by atoms with van der Waals surface area (Å²) >= 11 is 0. The highest BCUT2D eigenvalue weighted by Gasteiger charge is 2.50. The summed E-state index contributed by atoms with van der Waals surface area (Å²) in [4.78, 5) is 23.5. The Morgan fingerprint density at radius 2 is 1.90 bits per heavy atom. The number of fused-ring (bicyclic) bond motifs is 1. The first-order valence-corrected chi connectivity index (χ1v) is 9.92. The lowest BCUT2D eigenvalue weighted by Gasteiger charge is -2.24. The molecular formula is C20H25N5O5. The van der Waals surface area contributed by atoms with Gasteiger partial charge in [0.1, 0.15) is 18.2 Å². The zero-order valence-corrected chi connectivity index (χ0v) is 16.9. The number of carbonyl (C=O) groups is 2. The number of benzene rings is 1. The van der Waals surface area contributed by atoms with Gasteiger partial charge in [0.15, 0.2) is 5.82 Å². The molecule has 30 heavy (non-hydrogen) atoms. The van der Waals surface area contributed by atoms with Gasteiger partial charge in [0.05, 0.1) is 25.7 Å². The highest BCUT2D eigenvalue weighted by Crippen LogP contribution is 2.36. The molecule has 0 radical (unpaired) electrons. The van der Waals surface area contributed by atoms with Crippen LogP contribution in [0.4, 0.5) is 0 Å². The van der Waals surface area contributed by atoms with Gasteiger partial charge in [-0.3, -0.25) is 9.59 Å². The molecule has 2 N–H and O–H groups in total. The van der Waals surface area contributed by atoms with Gasteiger partial charge in [-0.25, -0.2) is 4.68 Å². The second-order valence-corrected chi connectivity index (χ2v) is 8.56. The van der Waals surface area contributed by atoms with E-state index in [2.05, 4.69) is 20.8 Å². The molecule has 1 amide bonds. The van der Waals surface area contributed by atoms with Crippen molar-refractivity contribution in [1.29, 1.82) is 0 Å². The fourth-order valence-corrected chi connectivity index (χ4v) is 4.17. The molecule has 4 unspecified atom stereocenters. The highest BCUT2D eigenvalue weighted by atomic mass is 16.6. The summed E-state index contributed by atoms with van der Waals surface area (Å²) in [7, 11) is 0. The average molecular weight is 415 g/mol. The van der Waals surface area contributed by atoms with Crippen molar-refractivity contribution in [2.45, 2.75) is 51.0 Å². The number of carboxylic acids is 1. The van der Waals surface area contributed by atoms with Gasteiger partial charge in [0.25, 0.3) is 0 Å². The number of carboxylic acid groups (broad SMARTS) is 1. The summed E-state index contributed by atoms with van der Waals surface area (Å²) in [5.41, 5.74) is 0.264. The lowest BCUT2D eigenvalue weighted by Crippen LogP contribution is -2.45. The number of hydrogen-bond acceptors (Lipinski definition) is 7. The van der Waals surface area contributed by atoms with E-state index >= 15 is 0 Å². The van der Waals surface area contributed by atoms with Crippen LogP contribution in [0.3, 0.4) is 0 Å². The lowest BCUT2D eigenvalue weighted by atomic mass is 9.85. The van der Waals surface area contributed by atoms with Gasteiger partial charge in [-0.05, 0) is 15.8 Å². The first-order valence-electron chi connectivity index (χ1n) is 9.92. The third-order valence-electron chi connectivity index (χ3n) is 5.48. The molecule has 1 aromatic carbocycles. The molecule has 2 fully saturated rings. The van der Waals surface area contributed by atoms with Gasteiger partial charge in [-0.1, -0.05) is 44.2 Å². The predicted octanol–water partition coefficient (Wildman–Crippen LogP) is 1.05. The van der Waals surface area contributed by atoms with Crippen LogP contribution in [0, 0.1) is 5.41 Å². The van der Waals surface area contributed by atoms with Crippen LogP contribution in [0.1, 0.15) is 32.7 Å². The van der Waals surface area contributed by atoms with Crippen LogP contribution in [-0.4, -0.2) is 68.7 Å². The topological polar surface area (TPSA) is 128 Å². The number of hydrogen-bond donors (Lipinski definition) is 2. The Kier molecular flexibility index (Phi) is 5.52. The van der Waals surface area contributed by atoms with Crippen molar-refractivity contribution < 1.29 is 24.2 Å². The number of amides is 1. The highest BCUT2D eigenvalue weighted by molar-refractivity contribution is 5.78. The average Bonchev–Trinajstić information content (AvgIpc) is 3.38. The Balaban J connectivity index is 1.42. The number of aromatic nitrogens is 4. The van der Waals surface area contributed by atoms with E-state index in [0.717, 1.165) is 5.56 Å². The van der Waals surface area contributed by atoms with Crippen molar-refractivity contribution in [3.63, 3.8) is 0 Å². The number of ether oxygens (including phenoxy) is 2. The molecule has 2 aliphatic heterocycles. The SMILES string of the molecule is CC(C)(CC(=O)O)CC(=O)NC1COC2C1OCC2n1nnnc1-c1ccccc1. The maximum atomic E-state index is 12.5. The van der Waals surface area contributed by atoms with Crippen molar-refractivity contribution in [1.82, 2.24) is 25.5 Å². The summed E-state index contributed by atoms with van der Waals surface area (Å²) < 4.78 is 13.6. The normalized spacial score (nSPS) is 25.8. The van der Waals surface area contributed by atoms with Crippen LogP contribution in [0.5, 0.6) is 0 Å². The van der Waals surface area contributed by atoms with Crippen molar-refractivity contribution in [2.24, 2.45) is 5.41 Å². The van der Waals surface area contributed by atoms with Crippen LogP contribution >= 0.6 is 0 Å². The largest absolute Gasteiger partial charge is 0.481 e. The van der Waals surface area contributed by atoms with Gasteiger partial charge >= 0.3 is 5.97 Å². The number of nitrogens with zero attached hydrogens (tertiary/aromatic N) is 4. The number of nitrogens with one attached hydrogen (secondary N) is 1. The zero-order valence-electron chi connectivity index (χ0n) is 16.9. The van der Waals surface area contributed by atoms with E-state index in [-0.39, 0.29) is 43.0 Å². The second kappa shape index (κ2) is 8.11. The Hall–Kier alpha value is -2.85. The molecule has 0 spiro atoms. The first kappa shape index (κ1) is 20.4. The van der Waals surface area contributed by atoms with Gasteiger partial charge in [0.2, 0.25) is 5.91 Å². The molecule has 2 aromatic rings. The third-order valence-corrected chi connectivity index (χ3v) is 5.48. The predicted molar refractivity (Wildman–Crippen MR) is 104 cm³/mol. The van der Waals surface area contributed by atoms with E-state index in [4.69, 9.17) is 14.6 Å². The first-order chi connectivity index (χ1) is 14.3. The van der Waals surface area contributed by atoms with E-state index in [1.807, 2.05) is 30.3 Å². The summed E-state index contributed by atoms with van der Waals surface area (Å²) in [5.74, 6) is -0.499. The van der Waals surface area contributed by atoms with Crippen molar-refractivity contribution in [3.8, 4) is 11.4 Å². The van der Waals surface area contributed by atoms with E-state index in [0.29, 0.717) is 19.0 Å². The van der Waals surface area contributed by atoms with Crippen LogP contribution in [-0.2, 0) is 19.1 Å². The van der Waals surface area contributed by atoms with E-state index in [9.17, 15) is 9.59 Å². The van der Waals surface area contributed by atoms with Gasteiger partial charge in [0, 0.05) is 12.0 Å². The molecular weight excluding hydrogens is 390 g/mol. The van der Waals surface area contributed by atoms with Crippen LogP contribution in [0.15, 0.2) is 30.3 Å². The molecule has 2 aliphatic rings. The van der Waals surface area contributed by atoms with E-state index < -0.39 is 11.4 Å². The number of rotatable bonds is 7. The minimum absolute atomic E-state index is 0.0756. The van der Waals surface area contributed by atoms with Gasteiger partial charge in [-0.15, -0.1) is 5.10 Å². The van der Waals surface area contributed by atoms with E-state index in [1.54, 1.807) is 18.5 Å². The lowest BCUT2D eigenvalue weighted by molar-refractivity contribution is -0.139. The summed E-state index contributed by atoms with van der Waals surface area (Å²) in [6, 6.07) is 9.14. The van der Waals surface area contributed by atoms with Crippen molar-refractivity contribution >= 4 is 11.9 Å². The standard InChI is InChI=1S/C20H25N5O5/c1-20(2,9-16(27)28)8-15(26)21-13-10-29-18-14(11-30-17(13)18)25-19(22-23-24-25)12-6-4-3-5-7-12/h3-7,13-14,17-18H,8-11H2,1-2H3,(H,21,26)(H,27,28). The summed E-state index contributed by atoms with van der Waals surface area (Å²) in [6.45, 7) is 4.22. The Morgan fingerprint density at radius 1 is 1.17 bits per heavy atom. The maximum Gasteiger partial charge on any atom is 0.303 e. The summed E-state index contributed by atoms with van der Waals surface area (Å²) in [5, 5.41) is 24.1. The minimum atomic E-state index is -0.922. The molecule has 10 heteroatoms. The smallest absolute Gasteiger partial charge is 0.303 e. The Bertz CT molecular complexity index is 915. The molecule has 4 rings (SSSR count). The fourth-order valence-electron chi connectivity index (χ4n) is 4.17. The van der Waals surface area contributed by atoms with Gasteiger partial charge < -0.3 is 19.9 Å². The molecule has 0 saturated carbocycles. The fraction of sp³-hybridized carbons (Fsp3) is 0.550. The van der Waals surface area contributed by atoms with E-state index in [1.165, 1.54) is 0 Å².